The quantitative estimate of drug-likeness (QED) is 0.580. The fourth-order valence-electron chi connectivity index (χ4n) is 7.10. The number of nitrogens with one attached hydrogen (secondary N) is 1. The molecule has 3 aliphatic carbocycles. The van der Waals surface area contributed by atoms with E-state index in [1.54, 1.807) is 6.07 Å². The number of ether oxygens (including phenoxy) is 1. The van der Waals surface area contributed by atoms with Crippen molar-refractivity contribution < 1.29 is 14.9 Å². The number of para-hydroxylation sites is 1. The first-order valence-electron chi connectivity index (χ1n) is 12.0. The number of aliphatic hydroxyl groups is 1. The summed E-state index contributed by atoms with van der Waals surface area (Å²) in [5.41, 5.74) is 3.87. The van der Waals surface area contributed by atoms with Gasteiger partial charge in [0.15, 0.2) is 17.6 Å². The van der Waals surface area contributed by atoms with Crippen molar-refractivity contribution in [3.05, 3.63) is 58.8 Å². The van der Waals surface area contributed by atoms with Crippen LogP contribution in [0.1, 0.15) is 55.2 Å². The maximum absolute atomic E-state index is 12.8. The number of phenolic OH excluding ortho intramolecular Hbond substituents is 1. The Labute approximate surface area is 188 Å². The van der Waals surface area contributed by atoms with Gasteiger partial charge in [-0.2, -0.15) is 0 Å². The highest BCUT2D eigenvalue weighted by atomic mass is 16.5. The van der Waals surface area contributed by atoms with E-state index in [1.165, 1.54) is 18.4 Å². The van der Waals surface area contributed by atoms with Crippen LogP contribution in [0.3, 0.4) is 0 Å². The second-order valence-electron chi connectivity index (χ2n) is 10.6. The largest absolute Gasteiger partial charge is 0.504 e. The van der Waals surface area contributed by atoms with Crippen molar-refractivity contribution >= 4 is 10.9 Å². The number of benzene rings is 2. The van der Waals surface area contributed by atoms with Crippen LogP contribution in [-0.2, 0) is 18.3 Å². The number of nitrogens with zero attached hydrogens (tertiary/aromatic N) is 1. The Kier molecular flexibility index (Phi) is 3.62. The van der Waals surface area contributed by atoms with Crippen LogP contribution in [0.2, 0.25) is 0 Å². The van der Waals surface area contributed by atoms with Crippen molar-refractivity contribution in [3.63, 3.8) is 0 Å². The summed E-state index contributed by atoms with van der Waals surface area (Å²) in [6.07, 6.45) is 3.61. The van der Waals surface area contributed by atoms with Gasteiger partial charge in [0.2, 0.25) is 0 Å². The van der Waals surface area contributed by atoms with E-state index in [0.29, 0.717) is 12.2 Å². The topological polar surface area (TPSA) is 68.7 Å². The summed E-state index contributed by atoms with van der Waals surface area (Å²) in [6, 6.07) is 12.2. The Bertz CT molecular complexity index is 1260. The van der Waals surface area contributed by atoms with Crippen LogP contribution in [0, 0.1) is 5.92 Å². The third-order valence-corrected chi connectivity index (χ3v) is 8.96. The first-order valence-corrected chi connectivity index (χ1v) is 12.0. The highest BCUT2D eigenvalue weighted by Gasteiger charge is 2.69. The third kappa shape index (κ3) is 2.16. The average molecular weight is 431 g/mol. The number of aromatic amines is 1. The van der Waals surface area contributed by atoms with Crippen LogP contribution in [-0.4, -0.2) is 44.8 Å². The number of phenols is 1. The molecule has 4 atom stereocenters. The Morgan fingerprint density at radius 1 is 1.19 bits per heavy atom. The molecule has 5 heteroatoms. The number of aromatic nitrogens is 1. The lowest BCUT2D eigenvalue weighted by atomic mass is 9.52. The van der Waals surface area contributed by atoms with Gasteiger partial charge in [0.25, 0.3) is 0 Å². The molecule has 4 aliphatic rings. The van der Waals surface area contributed by atoms with Gasteiger partial charge < -0.3 is 19.9 Å². The monoisotopic (exact) mass is 430 g/mol. The van der Waals surface area contributed by atoms with Crippen LogP contribution < -0.4 is 4.74 Å². The van der Waals surface area contributed by atoms with Crippen molar-refractivity contribution in [3.8, 4) is 11.5 Å². The second kappa shape index (κ2) is 6.09. The average Bonchev–Trinajstić information content (AvgIpc) is 3.45. The van der Waals surface area contributed by atoms with Gasteiger partial charge >= 0.3 is 0 Å². The van der Waals surface area contributed by atoms with Gasteiger partial charge in [0.05, 0.1) is 16.7 Å². The van der Waals surface area contributed by atoms with Crippen LogP contribution >= 0.6 is 0 Å². The summed E-state index contributed by atoms with van der Waals surface area (Å²) in [5, 5.41) is 24.7. The summed E-state index contributed by atoms with van der Waals surface area (Å²) in [6.45, 7) is 6.35. The lowest BCUT2D eigenvalue weighted by molar-refractivity contribution is -0.136. The van der Waals surface area contributed by atoms with E-state index in [-0.39, 0.29) is 17.9 Å². The zero-order chi connectivity index (χ0) is 21.8. The Morgan fingerprint density at radius 2 is 2.00 bits per heavy atom. The summed E-state index contributed by atoms with van der Waals surface area (Å²) in [4.78, 5) is 6.14. The van der Waals surface area contributed by atoms with E-state index in [1.807, 2.05) is 12.1 Å². The Morgan fingerprint density at radius 3 is 2.78 bits per heavy atom. The van der Waals surface area contributed by atoms with E-state index in [4.69, 9.17) is 4.74 Å². The van der Waals surface area contributed by atoms with E-state index >= 15 is 0 Å². The maximum atomic E-state index is 12.8. The molecule has 3 aromatic rings. The molecule has 0 saturated heterocycles. The SMILES string of the molecule is CCN(CC1CC1)C1Cc2ccc(O)c3c2C2(C)C(O3)c3[nH]c4ccccc4c3C[C@@]12O. The van der Waals surface area contributed by atoms with Gasteiger partial charge in [-0.25, -0.2) is 0 Å². The van der Waals surface area contributed by atoms with Gasteiger partial charge in [0, 0.05) is 35.5 Å². The standard InChI is InChI=1S/C27H30N2O3/c1-3-29(14-15-8-9-15)21-12-16-10-11-20(30)24-22(16)26(2)25(32-24)23-18(13-27(21,26)31)17-6-4-5-7-19(17)28-23/h4-7,10-11,15,21,25,28,30-31H,3,8-9,12-14H2,1-2H3/t21?,25?,26?,27-/m1/s1. The van der Waals surface area contributed by atoms with Crippen molar-refractivity contribution in [2.45, 2.75) is 62.7 Å². The minimum atomic E-state index is -0.993. The molecule has 0 spiro atoms. The smallest absolute Gasteiger partial charge is 0.166 e. The predicted molar refractivity (Wildman–Crippen MR) is 123 cm³/mol. The lowest BCUT2D eigenvalue weighted by Crippen LogP contribution is -2.69. The predicted octanol–water partition coefficient (Wildman–Crippen LogP) is 4.21. The van der Waals surface area contributed by atoms with Gasteiger partial charge in [-0.05, 0) is 61.9 Å². The Balaban J connectivity index is 1.50. The van der Waals surface area contributed by atoms with Crippen molar-refractivity contribution in [1.29, 1.82) is 0 Å². The molecule has 1 aliphatic heterocycles. The first-order chi connectivity index (χ1) is 15.5. The fraction of sp³-hybridized carbons (Fsp3) is 0.481. The van der Waals surface area contributed by atoms with Crippen molar-refractivity contribution in [1.82, 2.24) is 9.88 Å². The molecule has 2 heterocycles. The minimum absolute atomic E-state index is 0.00834. The summed E-state index contributed by atoms with van der Waals surface area (Å²) in [7, 11) is 0. The van der Waals surface area contributed by atoms with E-state index in [2.05, 4.69) is 41.9 Å². The molecule has 0 radical (unpaired) electrons. The minimum Gasteiger partial charge on any atom is -0.504 e. The van der Waals surface area contributed by atoms with Crippen molar-refractivity contribution in [2.24, 2.45) is 5.92 Å². The van der Waals surface area contributed by atoms with Gasteiger partial charge in [-0.1, -0.05) is 31.2 Å². The highest BCUT2D eigenvalue weighted by Crippen LogP contribution is 2.66. The maximum Gasteiger partial charge on any atom is 0.166 e. The van der Waals surface area contributed by atoms with Crippen LogP contribution in [0.25, 0.3) is 10.9 Å². The van der Waals surface area contributed by atoms with E-state index in [0.717, 1.165) is 53.2 Å². The number of fused-ring (bicyclic) bond motifs is 4. The van der Waals surface area contributed by atoms with Crippen molar-refractivity contribution in [2.75, 3.05) is 13.1 Å². The first kappa shape index (κ1) is 19.0. The molecular formula is C27H30N2O3. The summed E-state index contributed by atoms with van der Waals surface area (Å²) < 4.78 is 6.55. The molecule has 32 heavy (non-hydrogen) atoms. The van der Waals surface area contributed by atoms with Gasteiger partial charge in [-0.15, -0.1) is 0 Å². The van der Waals surface area contributed by atoms with E-state index in [9.17, 15) is 10.2 Å². The van der Waals surface area contributed by atoms with Crippen LogP contribution in [0.4, 0.5) is 0 Å². The molecule has 0 amide bonds. The molecule has 1 saturated carbocycles. The normalized spacial score (nSPS) is 32.1. The van der Waals surface area contributed by atoms with Crippen LogP contribution in [0.5, 0.6) is 11.5 Å². The number of aromatic hydroxyl groups is 1. The van der Waals surface area contributed by atoms with E-state index < -0.39 is 11.0 Å². The number of hydrogen-bond donors (Lipinski definition) is 3. The molecule has 5 nitrogen and oxygen atoms in total. The molecule has 2 aromatic carbocycles. The zero-order valence-electron chi connectivity index (χ0n) is 18.7. The zero-order valence-corrected chi connectivity index (χ0v) is 18.7. The number of likely N-dealkylation sites (N-methyl/N-ethyl adjacent to an activating group) is 1. The highest BCUT2D eigenvalue weighted by molar-refractivity contribution is 5.86. The van der Waals surface area contributed by atoms with Crippen LogP contribution in [0.15, 0.2) is 36.4 Å². The van der Waals surface area contributed by atoms with Gasteiger partial charge in [-0.3, -0.25) is 4.90 Å². The Hall–Kier alpha value is -2.50. The molecule has 7 rings (SSSR count). The summed E-state index contributed by atoms with van der Waals surface area (Å²) in [5.74, 6) is 1.48. The third-order valence-electron chi connectivity index (χ3n) is 8.96. The molecule has 0 bridgehead atoms. The molecule has 1 aromatic heterocycles. The lowest BCUT2D eigenvalue weighted by Gasteiger charge is -2.57. The summed E-state index contributed by atoms with van der Waals surface area (Å²) >= 11 is 0. The number of rotatable bonds is 4. The fourth-order valence-corrected chi connectivity index (χ4v) is 7.10. The molecule has 3 unspecified atom stereocenters. The number of hydrogen-bond acceptors (Lipinski definition) is 4. The molecule has 166 valence electrons. The van der Waals surface area contributed by atoms with Gasteiger partial charge in [0.1, 0.15) is 0 Å². The molecule has 3 N–H and O–H groups in total. The molecular weight excluding hydrogens is 400 g/mol. The molecule has 1 fully saturated rings. The number of H-pyrrole nitrogens is 1. The second-order valence-corrected chi connectivity index (χ2v) is 10.6.